The van der Waals surface area contributed by atoms with Crippen LogP contribution in [0.4, 0.5) is 0 Å². The van der Waals surface area contributed by atoms with E-state index >= 15 is 0 Å². The maximum absolute atomic E-state index is 11.0. The molecule has 1 aliphatic carbocycles. The fourth-order valence-corrected chi connectivity index (χ4v) is 1.71. The molecule has 1 aromatic rings. The summed E-state index contributed by atoms with van der Waals surface area (Å²) in [6.45, 7) is 0.624. The predicted molar refractivity (Wildman–Crippen MR) is 53.9 cm³/mol. The van der Waals surface area contributed by atoms with Crippen molar-refractivity contribution in [3.8, 4) is 0 Å². The zero-order chi connectivity index (χ0) is 9.80. The number of hydrogen-bond acceptors (Lipinski definition) is 2. The van der Waals surface area contributed by atoms with E-state index in [0.29, 0.717) is 25.2 Å². The summed E-state index contributed by atoms with van der Waals surface area (Å²) in [6, 6.07) is 10.1. The molecule has 0 spiro atoms. The van der Waals surface area contributed by atoms with Crippen molar-refractivity contribution in [3.05, 3.63) is 35.9 Å². The van der Waals surface area contributed by atoms with E-state index in [1.807, 2.05) is 30.3 Å². The molecule has 1 atom stereocenters. The maximum Gasteiger partial charge on any atom is 0.135 e. The molecule has 0 radical (unpaired) electrons. The number of ketones is 1. The van der Waals surface area contributed by atoms with Gasteiger partial charge in [0.25, 0.3) is 0 Å². The van der Waals surface area contributed by atoms with Crippen LogP contribution < -0.4 is 0 Å². The molecule has 0 aliphatic heterocycles. The van der Waals surface area contributed by atoms with Crippen molar-refractivity contribution in [3.63, 3.8) is 0 Å². The van der Waals surface area contributed by atoms with Gasteiger partial charge in [0.2, 0.25) is 0 Å². The SMILES string of the molecule is O=C1CC[C@@H](OCc2ccccc2)C1. The van der Waals surface area contributed by atoms with Gasteiger partial charge in [-0.25, -0.2) is 0 Å². The maximum atomic E-state index is 11.0. The van der Waals surface area contributed by atoms with E-state index in [2.05, 4.69) is 0 Å². The highest BCUT2D eigenvalue weighted by Crippen LogP contribution is 2.19. The molecule has 74 valence electrons. The Balaban J connectivity index is 1.80. The van der Waals surface area contributed by atoms with Crippen LogP contribution in [0.1, 0.15) is 24.8 Å². The van der Waals surface area contributed by atoms with Gasteiger partial charge in [0.15, 0.2) is 0 Å². The Labute approximate surface area is 83.9 Å². The quantitative estimate of drug-likeness (QED) is 0.731. The summed E-state index contributed by atoms with van der Waals surface area (Å²) in [5.74, 6) is 0.336. The standard InChI is InChI=1S/C12H14O2/c13-11-6-7-12(8-11)14-9-10-4-2-1-3-5-10/h1-5,12H,6-9H2/t12-/m1/s1. The first-order valence-electron chi connectivity index (χ1n) is 5.02. The minimum absolute atomic E-state index is 0.155. The summed E-state index contributed by atoms with van der Waals surface area (Å²) in [5.41, 5.74) is 1.17. The number of carbonyl (C=O) groups is 1. The molecule has 1 aliphatic rings. The fourth-order valence-electron chi connectivity index (χ4n) is 1.71. The summed E-state index contributed by atoms with van der Waals surface area (Å²) in [6.07, 6.45) is 2.35. The zero-order valence-corrected chi connectivity index (χ0v) is 8.11. The van der Waals surface area contributed by atoms with Gasteiger partial charge in [-0.3, -0.25) is 4.79 Å². The van der Waals surface area contributed by atoms with Gasteiger partial charge >= 0.3 is 0 Å². The molecule has 1 saturated carbocycles. The number of benzene rings is 1. The van der Waals surface area contributed by atoms with Gasteiger partial charge in [-0.05, 0) is 12.0 Å². The Kier molecular flexibility index (Phi) is 2.94. The van der Waals surface area contributed by atoms with E-state index < -0.39 is 0 Å². The predicted octanol–water partition coefficient (Wildman–Crippen LogP) is 2.32. The van der Waals surface area contributed by atoms with E-state index in [9.17, 15) is 4.79 Å². The third kappa shape index (κ3) is 2.42. The van der Waals surface area contributed by atoms with Gasteiger partial charge in [0.05, 0.1) is 12.7 Å². The second-order valence-corrected chi connectivity index (χ2v) is 3.70. The van der Waals surface area contributed by atoms with Crippen LogP contribution in [-0.2, 0) is 16.1 Å². The Bertz CT molecular complexity index is 305. The van der Waals surface area contributed by atoms with Gasteiger partial charge < -0.3 is 4.74 Å². The average Bonchev–Trinajstić information content (AvgIpc) is 2.63. The molecule has 14 heavy (non-hydrogen) atoms. The second kappa shape index (κ2) is 4.38. The molecule has 2 nitrogen and oxygen atoms in total. The van der Waals surface area contributed by atoms with Crippen LogP contribution in [0.3, 0.4) is 0 Å². The topological polar surface area (TPSA) is 26.3 Å². The minimum atomic E-state index is 0.155. The normalized spacial score (nSPS) is 21.4. The average molecular weight is 190 g/mol. The number of rotatable bonds is 3. The fraction of sp³-hybridized carbons (Fsp3) is 0.417. The van der Waals surface area contributed by atoms with Crippen LogP contribution in [0.25, 0.3) is 0 Å². The van der Waals surface area contributed by atoms with E-state index in [-0.39, 0.29) is 6.10 Å². The number of ether oxygens (including phenoxy) is 1. The van der Waals surface area contributed by atoms with Crippen molar-refractivity contribution in [2.24, 2.45) is 0 Å². The molecule has 2 heteroatoms. The molecule has 1 fully saturated rings. The van der Waals surface area contributed by atoms with E-state index in [1.54, 1.807) is 0 Å². The van der Waals surface area contributed by atoms with Gasteiger partial charge in [-0.15, -0.1) is 0 Å². The summed E-state index contributed by atoms with van der Waals surface area (Å²) >= 11 is 0. The third-order valence-corrected chi connectivity index (χ3v) is 2.53. The van der Waals surface area contributed by atoms with Gasteiger partial charge in [-0.1, -0.05) is 30.3 Å². The van der Waals surface area contributed by atoms with Crippen LogP contribution in [0.5, 0.6) is 0 Å². The van der Waals surface area contributed by atoms with Gasteiger partial charge in [0, 0.05) is 12.8 Å². The molecule has 1 aromatic carbocycles. The first kappa shape index (κ1) is 9.41. The number of carbonyl (C=O) groups excluding carboxylic acids is 1. The minimum Gasteiger partial charge on any atom is -0.373 e. The smallest absolute Gasteiger partial charge is 0.135 e. The lowest BCUT2D eigenvalue weighted by Gasteiger charge is -2.09. The van der Waals surface area contributed by atoms with Crippen molar-refractivity contribution < 1.29 is 9.53 Å². The third-order valence-electron chi connectivity index (χ3n) is 2.53. The Morgan fingerprint density at radius 3 is 2.71 bits per heavy atom. The van der Waals surface area contributed by atoms with E-state index in [0.717, 1.165) is 6.42 Å². The largest absolute Gasteiger partial charge is 0.373 e. The second-order valence-electron chi connectivity index (χ2n) is 3.70. The van der Waals surface area contributed by atoms with Crippen molar-refractivity contribution in [2.45, 2.75) is 32.0 Å². The number of Topliss-reactive ketones (excluding diaryl/α,β-unsaturated/α-hetero) is 1. The van der Waals surface area contributed by atoms with E-state index in [4.69, 9.17) is 4.74 Å². The summed E-state index contributed by atoms with van der Waals surface area (Å²) < 4.78 is 5.64. The highest BCUT2D eigenvalue weighted by atomic mass is 16.5. The lowest BCUT2D eigenvalue weighted by molar-refractivity contribution is -0.118. The zero-order valence-electron chi connectivity index (χ0n) is 8.11. The number of hydrogen-bond donors (Lipinski definition) is 0. The van der Waals surface area contributed by atoms with Crippen molar-refractivity contribution in [1.29, 1.82) is 0 Å². The van der Waals surface area contributed by atoms with Gasteiger partial charge in [-0.2, -0.15) is 0 Å². The Morgan fingerprint density at radius 2 is 2.07 bits per heavy atom. The lowest BCUT2D eigenvalue weighted by atomic mass is 10.2. The molecule has 0 heterocycles. The van der Waals surface area contributed by atoms with Crippen LogP contribution in [-0.4, -0.2) is 11.9 Å². The molecule has 2 rings (SSSR count). The van der Waals surface area contributed by atoms with Gasteiger partial charge in [0.1, 0.15) is 5.78 Å². The molecule has 0 aromatic heterocycles. The summed E-state index contributed by atoms with van der Waals surface area (Å²) in [5, 5.41) is 0. The summed E-state index contributed by atoms with van der Waals surface area (Å²) in [4.78, 5) is 11.0. The van der Waals surface area contributed by atoms with Crippen LogP contribution in [0.2, 0.25) is 0 Å². The molecule has 0 amide bonds. The Morgan fingerprint density at radius 1 is 1.29 bits per heavy atom. The molecule has 0 saturated heterocycles. The molecule has 0 bridgehead atoms. The summed E-state index contributed by atoms with van der Waals surface area (Å²) in [7, 11) is 0. The monoisotopic (exact) mass is 190 g/mol. The van der Waals surface area contributed by atoms with Crippen LogP contribution in [0, 0.1) is 0 Å². The first-order valence-corrected chi connectivity index (χ1v) is 5.02. The molecular formula is C12H14O2. The highest BCUT2D eigenvalue weighted by molar-refractivity contribution is 5.81. The van der Waals surface area contributed by atoms with Crippen molar-refractivity contribution in [1.82, 2.24) is 0 Å². The molecule has 0 unspecified atom stereocenters. The van der Waals surface area contributed by atoms with Crippen molar-refractivity contribution >= 4 is 5.78 Å². The highest BCUT2D eigenvalue weighted by Gasteiger charge is 2.22. The van der Waals surface area contributed by atoms with Crippen molar-refractivity contribution in [2.75, 3.05) is 0 Å². The molecular weight excluding hydrogens is 176 g/mol. The van der Waals surface area contributed by atoms with Crippen LogP contribution in [0.15, 0.2) is 30.3 Å². The molecule has 0 N–H and O–H groups in total. The first-order chi connectivity index (χ1) is 6.84. The lowest BCUT2D eigenvalue weighted by Crippen LogP contribution is -2.08. The van der Waals surface area contributed by atoms with Crippen LogP contribution >= 0.6 is 0 Å². The Hall–Kier alpha value is -1.15. The van der Waals surface area contributed by atoms with E-state index in [1.165, 1.54) is 5.56 Å².